The molecule has 2 nitrogen and oxygen atoms in total. The van der Waals surface area contributed by atoms with Gasteiger partial charge in [-0.15, -0.1) is 11.6 Å². The summed E-state index contributed by atoms with van der Waals surface area (Å²) in [5.41, 5.74) is 0. The molecule has 0 aromatic carbocycles. The normalized spacial score (nSPS) is 25.4. The van der Waals surface area contributed by atoms with Crippen LogP contribution in [0.2, 0.25) is 5.02 Å². The first-order valence-electron chi connectivity index (χ1n) is 5.67. The highest BCUT2D eigenvalue weighted by Crippen LogP contribution is 2.31. The molecule has 1 aromatic heterocycles. The maximum atomic E-state index is 6.37. The van der Waals surface area contributed by atoms with Crippen molar-refractivity contribution in [2.75, 3.05) is 11.9 Å². The van der Waals surface area contributed by atoms with Crippen molar-refractivity contribution < 1.29 is 0 Å². The molecule has 1 fully saturated rings. The third-order valence-corrected chi connectivity index (χ3v) is 4.02. The largest absolute Gasteiger partial charge is 0.354 e. The molecule has 0 amide bonds. The van der Waals surface area contributed by atoms with Crippen LogP contribution in [0.3, 0.4) is 0 Å². The predicted octanol–water partition coefficient (Wildman–Crippen LogP) is 3.72. The number of hydrogen-bond donors (Lipinski definition) is 0. The molecule has 88 valence electrons. The molecule has 2 unspecified atom stereocenters. The van der Waals surface area contributed by atoms with Gasteiger partial charge in [-0.1, -0.05) is 24.4 Å². The van der Waals surface area contributed by atoms with Crippen molar-refractivity contribution in [2.45, 2.75) is 37.1 Å². The van der Waals surface area contributed by atoms with Crippen molar-refractivity contribution in [2.24, 2.45) is 0 Å². The summed E-state index contributed by atoms with van der Waals surface area (Å²) in [4.78, 5) is 6.45. The Bertz CT molecular complexity index is 357. The molecule has 16 heavy (non-hydrogen) atoms. The summed E-state index contributed by atoms with van der Waals surface area (Å²) in [5, 5.41) is 0.899. The molecule has 4 heteroatoms. The van der Waals surface area contributed by atoms with Gasteiger partial charge in [0, 0.05) is 19.3 Å². The Kier molecular flexibility index (Phi) is 3.93. The van der Waals surface area contributed by atoms with Crippen LogP contribution >= 0.6 is 23.2 Å². The maximum absolute atomic E-state index is 6.37. The molecule has 1 aliphatic rings. The van der Waals surface area contributed by atoms with E-state index < -0.39 is 0 Å². The number of rotatable bonds is 2. The van der Waals surface area contributed by atoms with Gasteiger partial charge in [-0.2, -0.15) is 0 Å². The van der Waals surface area contributed by atoms with Crippen molar-refractivity contribution in [1.82, 2.24) is 4.98 Å². The Labute approximate surface area is 107 Å². The molecule has 1 saturated carbocycles. The number of halogens is 2. The lowest BCUT2D eigenvalue weighted by molar-refractivity contribution is 0.432. The van der Waals surface area contributed by atoms with Gasteiger partial charge in [-0.25, -0.2) is 4.98 Å². The van der Waals surface area contributed by atoms with Crippen LogP contribution < -0.4 is 4.90 Å². The van der Waals surface area contributed by atoms with E-state index in [0.717, 1.165) is 18.7 Å². The Hall–Kier alpha value is -0.470. The van der Waals surface area contributed by atoms with Gasteiger partial charge < -0.3 is 4.90 Å². The third-order valence-electron chi connectivity index (χ3n) is 3.22. The highest BCUT2D eigenvalue weighted by atomic mass is 35.5. The zero-order chi connectivity index (χ0) is 11.5. The van der Waals surface area contributed by atoms with Crippen LogP contribution in [0.1, 0.15) is 25.7 Å². The first-order valence-corrected chi connectivity index (χ1v) is 6.49. The molecule has 0 saturated heterocycles. The number of alkyl halides is 1. The topological polar surface area (TPSA) is 16.1 Å². The monoisotopic (exact) mass is 258 g/mol. The number of hydrogen-bond acceptors (Lipinski definition) is 2. The SMILES string of the molecule is CN(c1ncccc1Cl)C1CCCCC1Cl. The highest BCUT2D eigenvalue weighted by Gasteiger charge is 2.28. The molecule has 1 heterocycles. The summed E-state index contributed by atoms with van der Waals surface area (Å²) < 4.78 is 0. The van der Waals surface area contributed by atoms with E-state index in [4.69, 9.17) is 23.2 Å². The van der Waals surface area contributed by atoms with E-state index in [2.05, 4.69) is 9.88 Å². The summed E-state index contributed by atoms with van der Waals surface area (Å²) in [6.45, 7) is 0. The maximum Gasteiger partial charge on any atom is 0.147 e. The van der Waals surface area contributed by atoms with Crippen molar-refractivity contribution in [1.29, 1.82) is 0 Å². The van der Waals surface area contributed by atoms with Crippen LogP contribution in [-0.4, -0.2) is 23.5 Å². The Morgan fingerprint density at radius 2 is 2.12 bits per heavy atom. The van der Waals surface area contributed by atoms with E-state index in [-0.39, 0.29) is 5.38 Å². The van der Waals surface area contributed by atoms with Gasteiger partial charge >= 0.3 is 0 Å². The van der Waals surface area contributed by atoms with Crippen LogP contribution in [-0.2, 0) is 0 Å². The number of pyridine rings is 1. The molecule has 1 aliphatic carbocycles. The van der Waals surface area contributed by atoms with Gasteiger partial charge in [0.05, 0.1) is 10.4 Å². The molecule has 2 atom stereocenters. The van der Waals surface area contributed by atoms with Gasteiger partial charge in [-0.3, -0.25) is 0 Å². The first-order chi connectivity index (χ1) is 7.70. The summed E-state index contributed by atoms with van der Waals surface area (Å²) in [6, 6.07) is 4.06. The van der Waals surface area contributed by atoms with Gasteiger partial charge in [0.25, 0.3) is 0 Å². The molecule has 0 aliphatic heterocycles. The Morgan fingerprint density at radius 1 is 1.38 bits per heavy atom. The molecule has 0 spiro atoms. The van der Waals surface area contributed by atoms with Crippen molar-refractivity contribution in [3.8, 4) is 0 Å². The third kappa shape index (κ3) is 2.44. The quantitative estimate of drug-likeness (QED) is 0.752. The summed E-state index contributed by atoms with van der Waals surface area (Å²) in [6.07, 6.45) is 6.44. The van der Waals surface area contributed by atoms with Crippen molar-refractivity contribution in [3.05, 3.63) is 23.4 Å². The second-order valence-corrected chi connectivity index (χ2v) is 5.26. The Morgan fingerprint density at radius 3 is 2.81 bits per heavy atom. The number of anilines is 1. The first kappa shape index (κ1) is 12.0. The fourth-order valence-electron chi connectivity index (χ4n) is 2.30. The summed E-state index contributed by atoms with van der Waals surface area (Å²) in [5.74, 6) is 0.835. The van der Waals surface area contributed by atoms with E-state index in [1.54, 1.807) is 6.20 Å². The van der Waals surface area contributed by atoms with Crippen LogP contribution in [0.5, 0.6) is 0 Å². The Balaban J connectivity index is 2.17. The van der Waals surface area contributed by atoms with E-state index in [1.165, 1.54) is 12.8 Å². The molecular weight excluding hydrogens is 243 g/mol. The highest BCUT2D eigenvalue weighted by molar-refractivity contribution is 6.33. The van der Waals surface area contributed by atoms with Crippen LogP contribution in [0.4, 0.5) is 5.82 Å². The summed E-state index contributed by atoms with van der Waals surface area (Å²) in [7, 11) is 2.03. The lowest BCUT2D eigenvalue weighted by Gasteiger charge is -2.35. The standard InChI is InChI=1S/C12H16Cl2N2/c1-16(11-7-3-2-5-9(11)13)12-10(14)6-4-8-15-12/h4,6,8-9,11H,2-3,5,7H2,1H3. The molecule has 2 rings (SSSR count). The number of aromatic nitrogens is 1. The average Bonchev–Trinajstić information content (AvgIpc) is 2.29. The van der Waals surface area contributed by atoms with Gasteiger partial charge in [0.2, 0.25) is 0 Å². The van der Waals surface area contributed by atoms with E-state index in [9.17, 15) is 0 Å². The molecular formula is C12H16Cl2N2. The van der Waals surface area contributed by atoms with Gasteiger partial charge in [0.1, 0.15) is 5.82 Å². The second-order valence-electron chi connectivity index (χ2n) is 4.29. The molecule has 0 radical (unpaired) electrons. The minimum absolute atomic E-state index is 0.205. The predicted molar refractivity (Wildman–Crippen MR) is 69.5 cm³/mol. The minimum Gasteiger partial charge on any atom is -0.354 e. The average molecular weight is 259 g/mol. The van der Waals surface area contributed by atoms with E-state index >= 15 is 0 Å². The lowest BCUT2D eigenvalue weighted by Crippen LogP contribution is -2.41. The summed E-state index contributed by atoms with van der Waals surface area (Å²) >= 11 is 12.5. The fraction of sp³-hybridized carbons (Fsp3) is 0.583. The van der Waals surface area contributed by atoms with E-state index in [0.29, 0.717) is 11.1 Å². The van der Waals surface area contributed by atoms with Gasteiger partial charge in [0.15, 0.2) is 0 Å². The molecule has 0 bridgehead atoms. The second kappa shape index (κ2) is 5.24. The van der Waals surface area contributed by atoms with Crippen molar-refractivity contribution >= 4 is 29.0 Å². The van der Waals surface area contributed by atoms with Crippen molar-refractivity contribution in [3.63, 3.8) is 0 Å². The smallest absolute Gasteiger partial charge is 0.147 e. The minimum atomic E-state index is 0.205. The zero-order valence-corrected chi connectivity index (χ0v) is 10.9. The van der Waals surface area contributed by atoms with Crippen LogP contribution in [0.15, 0.2) is 18.3 Å². The zero-order valence-electron chi connectivity index (χ0n) is 9.37. The number of nitrogens with zero attached hydrogens (tertiary/aromatic N) is 2. The van der Waals surface area contributed by atoms with Crippen LogP contribution in [0, 0.1) is 0 Å². The van der Waals surface area contributed by atoms with Crippen LogP contribution in [0.25, 0.3) is 0 Å². The lowest BCUT2D eigenvalue weighted by atomic mass is 9.94. The fourth-order valence-corrected chi connectivity index (χ4v) is 3.00. The molecule has 1 aromatic rings. The van der Waals surface area contributed by atoms with E-state index in [1.807, 2.05) is 19.2 Å². The van der Waals surface area contributed by atoms with Gasteiger partial charge in [-0.05, 0) is 25.0 Å². The molecule has 0 N–H and O–H groups in total.